The Morgan fingerprint density at radius 2 is 0.408 bits per heavy atom. The summed E-state index contributed by atoms with van der Waals surface area (Å²) in [5.74, 6) is 0. The lowest BCUT2D eigenvalue weighted by molar-refractivity contribution is 0.668. The molecule has 25 aromatic carbocycles. The third-order valence-electron chi connectivity index (χ3n) is 29.3. The average molecular weight is 1810 g/mol. The van der Waals surface area contributed by atoms with Gasteiger partial charge in [0, 0.05) is 77.2 Å². The number of hydrogen-bond donors (Lipinski definition) is 0. The van der Waals surface area contributed by atoms with Crippen LogP contribution < -0.4 is 9.80 Å². The monoisotopic (exact) mass is 1810 g/mol. The first kappa shape index (κ1) is 81.5. The Bertz CT molecular complexity index is 10000. The van der Waals surface area contributed by atoms with Crippen LogP contribution in [0, 0.1) is 0 Å². The van der Waals surface area contributed by atoms with E-state index in [4.69, 9.17) is 8.83 Å². The van der Waals surface area contributed by atoms with Gasteiger partial charge in [-0.2, -0.15) is 0 Å². The molecule has 142 heavy (non-hydrogen) atoms. The summed E-state index contributed by atoms with van der Waals surface area (Å²) >= 11 is 0. The Balaban J connectivity index is 0.000000139. The molecule has 4 aromatic heterocycles. The molecule has 0 atom stereocenters. The molecule has 0 bridgehead atoms. The van der Waals surface area contributed by atoms with Gasteiger partial charge in [-0.05, 0) is 288 Å². The molecule has 0 fully saturated rings. The molecule has 6 nitrogen and oxygen atoms in total. The number of hydrogen-bond acceptors (Lipinski definition) is 4. The van der Waals surface area contributed by atoms with Gasteiger partial charge in [-0.15, -0.1) is 0 Å². The lowest BCUT2D eigenvalue weighted by Gasteiger charge is -2.26. The Kier molecular flexibility index (Phi) is 19.2. The standard InChI is InChI=1S/C70H44N2O.C66H42N2O/c1-2-14-45(15-3-1)46-28-36-52(37-29-46)72-66-40-32-49(42-64(66)65-43-50(33-41-67(65)72)55-24-12-17-48-16-4-5-18-54(48)55)47-30-34-51(35-31-47)71(68-26-13-25-62-61-23-10-11-27-69(61)73-70(62)68)53-38-39-60-58-21-7-6-19-56(58)57-20-8-9-22-59(57)63(60)44-53;1-3-14-43(15-4-1)45-26-34-50(35-27-45)68-62-38-30-47(44-16-5-2-6-17-44)40-60(62)61-41-48(31-39-63(61)68)46-28-32-49(33-29-46)67(64-24-13-23-58-57-22-11-12-25-65(57)69-66(58)64)51-36-37-56-54-20-8-7-18-52(54)53-19-9-10-21-55(53)59(56)42-51/h1-44H;1-42H. The maximum absolute atomic E-state index is 6.77. The van der Waals surface area contributed by atoms with E-state index in [2.05, 4.69) is 529 Å². The van der Waals surface area contributed by atoms with Crippen molar-refractivity contribution in [1.29, 1.82) is 0 Å². The zero-order valence-electron chi connectivity index (χ0n) is 77.3. The van der Waals surface area contributed by atoms with Crippen molar-refractivity contribution >= 4 is 197 Å². The predicted octanol–water partition coefficient (Wildman–Crippen LogP) is 38.4. The molecular formula is C136H86N4O2. The van der Waals surface area contributed by atoms with Gasteiger partial charge in [-0.1, -0.05) is 376 Å². The molecule has 4 heterocycles. The quantitative estimate of drug-likeness (QED) is 0.102. The number of anilines is 6. The van der Waals surface area contributed by atoms with E-state index >= 15 is 0 Å². The smallest absolute Gasteiger partial charge is 0.159 e. The molecule has 6 heteroatoms. The summed E-state index contributed by atoms with van der Waals surface area (Å²) in [4.78, 5) is 4.73. The van der Waals surface area contributed by atoms with E-state index < -0.39 is 0 Å². The van der Waals surface area contributed by atoms with E-state index in [1.54, 1.807) is 0 Å². The topological polar surface area (TPSA) is 42.6 Å². The molecule has 0 aliphatic rings. The lowest BCUT2D eigenvalue weighted by Crippen LogP contribution is -2.10. The maximum Gasteiger partial charge on any atom is 0.159 e. The summed E-state index contributed by atoms with van der Waals surface area (Å²) in [6.45, 7) is 0. The first-order chi connectivity index (χ1) is 70.4. The first-order valence-electron chi connectivity index (χ1n) is 48.7. The molecule has 0 spiro atoms. The minimum Gasteiger partial charge on any atom is -0.454 e. The Morgan fingerprint density at radius 1 is 0.148 bits per heavy atom. The molecule has 0 saturated heterocycles. The highest BCUT2D eigenvalue weighted by Crippen LogP contribution is 2.51. The summed E-state index contributed by atoms with van der Waals surface area (Å²) in [5.41, 5.74) is 30.8. The van der Waals surface area contributed by atoms with Crippen LogP contribution in [0.5, 0.6) is 0 Å². The van der Waals surface area contributed by atoms with Crippen molar-refractivity contribution in [3.8, 4) is 78.1 Å². The molecule has 29 rings (SSSR count). The van der Waals surface area contributed by atoms with Crippen molar-refractivity contribution in [3.63, 3.8) is 0 Å². The molecule has 0 radical (unpaired) electrons. The fraction of sp³-hybridized carbons (Fsp3) is 0. The van der Waals surface area contributed by atoms with Gasteiger partial charge in [-0.3, -0.25) is 0 Å². The molecule has 0 amide bonds. The second kappa shape index (κ2) is 33.5. The molecule has 29 aromatic rings. The zero-order chi connectivity index (χ0) is 93.4. The van der Waals surface area contributed by atoms with Crippen LogP contribution in [0.4, 0.5) is 34.1 Å². The van der Waals surface area contributed by atoms with Gasteiger partial charge in [0.15, 0.2) is 11.2 Å². The highest BCUT2D eigenvalue weighted by molar-refractivity contribution is 6.28. The van der Waals surface area contributed by atoms with Crippen LogP contribution in [-0.4, -0.2) is 9.13 Å². The Morgan fingerprint density at radius 3 is 0.796 bits per heavy atom. The summed E-state index contributed by atoms with van der Waals surface area (Å²) in [6.07, 6.45) is 0. The van der Waals surface area contributed by atoms with Gasteiger partial charge in [0.2, 0.25) is 0 Å². The predicted molar refractivity (Wildman–Crippen MR) is 601 cm³/mol. The van der Waals surface area contributed by atoms with Crippen LogP contribution in [0.1, 0.15) is 0 Å². The number of nitrogens with zero attached hydrogens (tertiary/aromatic N) is 4. The minimum absolute atomic E-state index is 0.857. The zero-order valence-corrected chi connectivity index (χ0v) is 77.3. The number of benzene rings is 25. The third kappa shape index (κ3) is 13.6. The molecule has 662 valence electrons. The number of rotatable bonds is 14. The Labute approximate surface area is 818 Å². The molecular weight excluding hydrogens is 1720 g/mol. The van der Waals surface area contributed by atoms with Crippen molar-refractivity contribution in [2.75, 3.05) is 9.80 Å². The number of furan rings is 2. The second-order valence-electron chi connectivity index (χ2n) is 37.2. The highest BCUT2D eigenvalue weighted by atomic mass is 16.3. The lowest BCUT2D eigenvalue weighted by atomic mass is 9.94. The van der Waals surface area contributed by atoms with Gasteiger partial charge < -0.3 is 27.8 Å². The number of aromatic nitrogens is 2. The van der Waals surface area contributed by atoms with Crippen LogP contribution in [-0.2, 0) is 0 Å². The third-order valence-corrected chi connectivity index (χ3v) is 29.3. The SMILES string of the molecule is c1ccc(-c2ccc(-n3c4ccc(-c5ccc(N(c6ccc7c8ccccc8c8ccccc8c7c6)c6cccc7c6oc6ccccc67)cc5)cc4c4cc(-c5cccc6ccccc56)ccc43)cc2)cc1.c1ccc(-c2ccc(-n3c4ccc(-c5ccccc5)cc4c4cc(-c5ccc(N(c6ccc7c8ccccc8c8ccccc8c7c6)c6cccc7c6oc6ccccc67)cc5)ccc43)cc2)cc1. The van der Waals surface area contributed by atoms with E-state index in [9.17, 15) is 0 Å². The fourth-order valence-corrected chi connectivity index (χ4v) is 22.6. The molecule has 0 saturated carbocycles. The molecule has 0 N–H and O–H groups in total. The van der Waals surface area contributed by atoms with E-state index in [0.717, 1.165) is 112 Å². The first-order valence-corrected chi connectivity index (χ1v) is 48.7. The highest BCUT2D eigenvalue weighted by Gasteiger charge is 2.27. The van der Waals surface area contributed by atoms with Crippen molar-refractivity contribution in [2.24, 2.45) is 0 Å². The summed E-state index contributed by atoms with van der Waals surface area (Å²) in [6, 6.07) is 190. The fourth-order valence-electron chi connectivity index (χ4n) is 22.6. The van der Waals surface area contributed by atoms with E-state index in [1.165, 1.54) is 164 Å². The van der Waals surface area contributed by atoms with Crippen molar-refractivity contribution in [1.82, 2.24) is 9.13 Å². The summed E-state index contributed by atoms with van der Waals surface area (Å²) < 4.78 is 18.3. The van der Waals surface area contributed by atoms with Gasteiger partial charge in [-0.25, -0.2) is 0 Å². The Hall–Kier alpha value is -18.9. The van der Waals surface area contributed by atoms with Gasteiger partial charge in [0.1, 0.15) is 11.2 Å². The van der Waals surface area contributed by atoms with Crippen molar-refractivity contribution in [2.45, 2.75) is 0 Å². The minimum atomic E-state index is 0.857. The second-order valence-corrected chi connectivity index (χ2v) is 37.2. The number of para-hydroxylation sites is 4. The number of fused-ring (bicyclic) bond motifs is 25. The van der Waals surface area contributed by atoms with E-state index in [-0.39, 0.29) is 0 Å². The molecule has 0 unspecified atom stereocenters. The van der Waals surface area contributed by atoms with E-state index in [0.29, 0.717) is 0 Å². The van der Waals surface area contributed by atoms with Crippen LogP contribution in [0.25, 0.3) is 241 Å². The maximum atomic E-state index is 6.77. The van der Waals surface area contributed by atoms with Crippen molar-refractivity contribution < 1.29 is 8.83 Å². The molecule has 0 aliphatic carbocycles. The van der Waals surface area contributed by atoms with Crippen LogP contribution in [0.2, 0.25) is 0 Å². The summed E-state index contributed by atoms with van der Waals surface area (Å²) in [5, 5.41) is 26.7. The normalized spacial score (nSPS) is 11.8. The van der Waals surface area contributed by atoms with E-state index in [1.807, 2.05) is 12.1 Å². The van der Waals surface area contributed by atoms with Crippen molar-refractivity contribution in [3.05, 3.63) is 522 Å². The van der Waals surface area contributed by atoms with Crippen LogP contribution in [0.3, 0.4) is 0 Å². The average Bonchev–Trinajstić information content (AvgIpc) is 1.56. The largest absolute Gasteiger partial charge is 0.454 e. The van der Waals surface area contributed by atoms with Crippen LogP contribution >= 0.6 is 0 Å². The summed E-state index contributed by atoms with van der Waals surface area (Å²) in [7, 11) is 0. The van der Waals surface area contributed by atoms with Gasteiger partial charge >= 0.3 is 0 Å². The van der Waals surface area contributed by atoms with Crippen LogP contribution in [0.15, 0.2) is 531 Å². The molecule has 0 aliphatic heterocycles. The van der Waals surface area contributed by atoms with Gasteiger partial charge in [0.25, 0.3) is 0 Å². The van der Waals surface area contributed by atoms with Gasteiger partial charge in [0.05, 0.1) is 33.4 Å².